The van der Waals surface area contributed by atoms with Crippen LogP contribution in [0, 0.1) is 12.8 Å². The number of likely N-dealkylation sites (tertiary alicyclic amines) is 1. The molecule has 1 fully saturated rings. The summed E-state index contributed by atoms with van der Waals surface area (Å²) in [6, 6.07) is 7.76. The molecule has 4 nitrogen and oxygen atoms in total. The predicted octanol–water partition coefficient (Wildman–Crippen LogP) is 3.20. The van der Waals surface area contributed by atoms with Gasteiger partial charge in [0.25, 0.3) is 5.91 Å². The number of amides is 1. The van der Waals surface area contributed by atoms with Crippen LogP contribution in [0.1, 0.15) is 27.5 Å². The fourth-order valence-electron chi connectivity index (χ4n) is 2.73. The maximum atomic E-state index is 12.8. The van der Waals surface area contributed by atoms with Crippen molar-refractivity contribution in [2.24, 2.45) is 5.92 Å². The van der Waals surface area contributed by atoms with Crippen LogP contribution in [0.25, 0.3) is 0 Å². The predicted molar refractivity (Wildman–Crippen MR) is 94.0 cm³/mol. The van der Waals surface area contributed by atoms with E-state index in [2.05, 4.69) is 10.4 Å². The second kappa shape index (κ2) is 7.47. The molecule has 6 heteroatoms. The third kappa shape index (κ3) is 3.94. The van der Waals surface area contributed by atoms with E-state index in [0.717, 1.165) is 39.9 Å². The number of aromatic nitrogens is 1. The van der Waals surface area contributed by atoms with Gasteiger partial charge in [-0.05, 0) is 25.5 Å². The van der Waals surface area contributed by atoms with E-state index in [1.54, 1.807) is 23.1 Å². The van der Waals surface area contributed by atoms with Crippen LogP contribution in [-0.4, -0.2) is 40.6 Å². The van der Waals surface area contributed by atoms with E-state index in [1.807, 2.05) is 36.1 Å². The zero-order valence-electron chi connectivity index (χ0n) is 13.1. The quantitative estimate of drug-likeness (QED) is 0.843. The van der Waals surface area contributed by atoms with E-state index < -0.39 is 0 Å². The SMILES string of the molecule is Cc1nc(CSc2ccccc2C(=O)N2CCC(CO)C2)cs1. The summed E-state index contributed by atoms with van der Waals surface area (Å²) in [5.41, 5.74) is 1.81. The van der Waals surface area contributed by atoms with Gasteiger partial charge in [-0.25, -0.2) is 4.98 Å². The van der Waals surface area contributed by atoms with Crippen molar-refractivity contribution < 1.29 is 9.90 Å². The van der Waals surface area contributed by atoms with Crippen molar-refractivity contribution in [3.63, 3.8) is 0 Å². The largest absolute Gasteiger partial charge is 0.396 e. The van der Waals surface area contributed by atoms with Gasteiger partial charge >= 0.3 is 0 Å². The molecule has 2 aromatic rings. The minimum absolute atomic E-state index is 0.0681. The Morgan fingerprint density at radius 2 is 2.30 bits per heavy atom. The summed E-state index contributed by atoms with van der Waals surface area (Å²) in [6.45, 7) is 3.54. The maximum Gasteiger partial charge on any atom is 0.254 e. The molecule has 3 rings (SSSR count). The third-order valence-electron chi connectivity index (χ3n) is 3.99. The third-order valence-corrected chi connectivity index (χ3v) is 5.92. The van der Waals surface area contributed by atoms with E-state index in [0.29, 0.717) is 6.54 Å². The number of hydrogen-bond acceptors (Lipinski definition) is 5. The number of aliphatic hydroxyl groups excluding tert-OH is 1. The Bertz CT molecular complexity index is 687. The van der Waals surface area contributed by atoms with Crippen LogP contribution in [0.3, 0.4) is 0 Å². The first-order valence-electron chi connectivity index (χ1n) is 7.70. The Balaban J connectivity index is 1.71. The Labute approximate surface area is 144 Å². The lowest BCUT2D eigenvalue weighted by Gasteiger charge is -2.18. The lowest BCUT2D eigenvalue weighted by atomic mass is 10.1. The number of aliphatic hydroxyl groups is 1. The Hall–Kier alpha value is -1.37. The van der Waals surface area contributed by atoms with Gasteiger partial charge in [-0.1, -0.05) is 12.1 Å². The van der Waals surface area contributed by atoms with Gasteiger partial charge < -0.3 is 10.0 Å². The number of thioether (sulfide) groups is 1. The van der Waals surface area contributed by atoms with Gasteiger partial charge in [0, 0.05) is 41.6 Å². The van der Waals surface area contributed by atoms with Crippen LogP contribution in [0.5, 0.6) is 0 Å². The van der Waals surface area contributed by atoms with Crippen LogP contribution in [0.4, 0.5) is 0 Å². The van der Waals surface area contributed by atoms with Crippen molar-refractivity contribution in [2.45, 2.75) is 24.0 Å². The molecular weight excluding hydrogens is 328 g/mol. The number of nitrogens with zero attached hydrogens (tertiary/aromatic N) is 2. The molecule has 1 aromatic heterocycles. The highest BCUT2D eigenvalue weighted by atomic mass is 32.2. The van der Waals surface area contributed by atoms with E-state index in [9.17, 15) is 9.90 Å². The highest BCUT2D eigenvalue weighted by Crippen LogP contribution is 2.29. The van der Waals surface area contributed by atoms with Crippen LogP contribution in [0.15, 0.2) is 34.5 Å². The molecule has 0 aliphatic carbocycles. The molecule has 1 unspecified atom stereocenters. The van der Waals surface area contributed by atoms with Crippen LogP contribution in [-0.2, 0) is 5.75 Å². The number of hydrogen-bond donors (Lipinski definition) is 1. The molecule has 1 atom stereocenters. The Morgan fingerprint density at radius 1 is 1.48 bits per heavy atom. The summed E-state index contributed by atoms with van der Waals surface area (Å²) < 4.78 is 0. The topological polar surface area (TPSA) is 53.4 Å². The first-order chi connectivity index (χ1) is 11.2. The van der Waals surface area contributed by atoms with Crippen molar-refractivity contribution in [2.75, 3.05) is 19.7 Å². The molecule has 1 N–H and O–H groups in total. The average molecular weight is 348 g/mol. The fraction of sp³-hybridized carbons (Fsp3) is 0.412. The molecule has 122 valence electrons. The second-order valence-electron chi connectivity index (χ2n) is 5.73. The molecule has 1 amide bonds. The van der Waals surface area contributed by atoms with Crippen LogP contribution < -0.4 is 0 Å². The molecule has 2 heterocycles. The highest BCUT2D eigenvalue weighted by molar-refractivity contribution is 7.98. The monoisotopic (exact) mass is 348 g/mol. The van der Waals surface area contributed by atoms with Crippen molar-refractivity contribution in [1.29, 1.82) is 0 Å². The number of rotatable bonds is 5. The molecule has 1 aliphatic heterocycles. The molecule has 0 radical (unpaired) electrons. The maximum absolute atomic E-state index is 12.8. The molecule has 1 saturated heterocycles. The summed E-state index contributed by atoms with van der Waals surface area (Å²) in [6.07, 6.45) is 0.885. The first-order valence-corrected chi connectivity index (χ1v) is 9.57. The minimum Gasteiger partial charge on any atom is -0.396 e. The summed E-state index contributed by atoms with van der Waals surface area (Å²) >= 11 is 3.30. The smallest absolute Gasteiger partial charge is 0.254 e. The van der Waals surface area contributed by atoms with E-state index in [1.165, 1.54) is 0 Å². The number of carbonyl (C=O) groups is 1. The number of aryl methyl sites for hydroxylation is 1. The average Bonchev–Trinajstić information content (AvgIpc) is 3.21. The molecule has 0 bridgehead atoms. The van der Waals surface area contributed by atoms with Crippen molar-refractivity contribution >= 4 is 29.0 Å². The minimum atomic E-state index is 0.0681. The van der Waals surface area contributed by atoms with Gasteiger partial charge in [0.2, 0.25) is 0 Å². The number of benzene rings is 1. The number of thiazole rings is 1. The van der Waals surface area contributed by atoms with Gasteiger partial charge in [-0.3, -0.25) is 4.79 Å². The Kier molecular flexibility index (Phi) is 5.35. The summed E-state index contributed by atoms with van der Waals surface area (Å²) in [7, 11) is 0. The van der Waals surface area contributed by atoms with Crippen LogP contribution in [0.2, 0.25) is 0 Å². The molecule has 1 aromatic carbocycles. The second-order valence-corrected chi connectivity index (χ2v) is 7.81. The van der Waals surface area contributed by atoms with Gasteiger partial charge in [0.15, 0.2) is 0 Å². The molecule has 0 spiro atoms. The summed E-state index contributed by atoms with van der Waals surface area (Å²) in [5, 5.41) is 12.4. The van der Waals surface area contributed by atoms with Crippen LogP contribution >= 0.6 is 23.1 Å². The molecule has 23 heavy (non-hydrogen) atoms. The molecule has 0 saturated carbocycles. The number of carbonyl (C=O) groups excluding carboxylic acids is 1. The lowest BCUT2D eigenvalue weighted by Crippen LogP contribution is -2.29. The van der Waals surface area contributed by atoms with Crippen molar-refractivity contribution in [3.8, 4) is 0 Å². The van der Waals surface area contributed by atoms with E-state index >= 15 is 0 Å². The normalized spacial score (nSPS) is 17.7. The lowest BCUT2D eigenvalue weighted by molar-refractivity contribution is 0.0778. The van der Waals surface area contributed by atoms with Gasteiger partial charge in [-0.2, -0.15) is 0 Å². The summed E-state index contributed by atoms with van der Waals surface area (Å²) in [4.78, 5) is 20.1. The zero-order valence-corrected chi connectivity index (χ0v) is 14.7. The van der Waals surface area contributed by atoms with Crippen molar-refractivity contribution in [3.05, 3.63) is 45.9 Å². The fourth-order valence-corrected chi connectivity index (χ4v) is 4.39. The van der Waals surface area contributed by atoms with Gasteiger partial charge in [0.1, 0.15) is 0 Å². The zero-order chi connectivity index (χ0) is 16.2. The van der Waals surface area contributed by atoms with Gasteiger partial charge in [-0.15, -0.1) is 23.1 Å². The molecular formula is C17H20N2O2S2. The Morgan fingerprint density at radius 3 is 3.00 bits per heavy atom. The van der Waals surface area contributed by atoms with Gasteiger partial charge in [0.05, 0.1) is 16.3 Å². The summed E-state index contributed by atoms with van der Waals surface area (Å²) in [5.74, 6) is 1.06. The highest BCUT2D eigenvalue weighted by Gasteiger charge is 2.27. The van der Waals surface area contributed by atoms with E-state index in [4.69, 9.17) is 0 Å². The van der Waals surface area contributed by atoms with Crippen molar-refractivity contribution in [1.82, 2.24) is 9.88 Å². The first kappa shape index (κ1) is 16.5. The standard InChI is InChI=1S/C17H20N2O2S2/c1-12-18-14(10-22-12)11-23-16-5-3-2-4-15(16)17(21)19-7-6-13(8-19)9-20/h2-5,10,13,20H,6-9,11H2,1H3. The molecule has 1 aliphatic rings. The van der Waals surface area contributed by atoms with E-state index in [-0.39, 0.29) is 18.4 Å².